The zero-order valence-electron chi connectivity index (χ0n) is 11.4. The van der Waals surface area contributed by atoms with Gasteiger partial charge in [-0.05, 0) is 35.3 Å². The Kier molecular flexibility index (Phi) is 6.49. The summed E-state index contributed by atoms with van der Waals surface area (Å²) in [7, 11) is 0. The minimum absolute atomic E-state index is 0.589. The highest BCUT2D eigenvalue weighted by molar-refractivity contribution is 7.99. The van der Waals surface area contributed by atoms with Crippen molar-refractivity contribution in [3.8, 4) is 5.75 Å². The van der Waals surface area contributed by atoms with Crippen molar-refractivity contribution in [1.82, 2.24) is 0 Å². The molecule has 0 radical (unpaired) electrons. The molecule has 2 heteroatoms. The summed E-state index contributed by atoms with van der Waals surface area (Å²) in [6, 6.07) is 8.45. The fourth-order valence-electron chi connectivity index (χ4n) is 1.49. The quantitative estimate of drug-likeness (QED) is 0.657. The average Bonchev–Trinajstić information content (AvgIpc) is 2.29. The fourth-order valence-corrected chi connectivity index (χ4v) is 2.33. The molecule has 1 aromatic rings. The molecule has 0 N–H and O–H groups in total. The largest absolute Gasteiger partial charge is 0.493 e. The molecular weight excluding hydrogens is 228 g/mol. The van der Waals surface area contributed by atoms with E-state index in [4.69, 9.17) is 4.74 Å². The predicted octanol–water partition coefficient (Wildman–Crippen LogP) is 4.58. The summed E-state index contributed by atoms with van der Waals surface area (Å²) in [5, 5.41) is 0. The van der Waals surface area contributed by atoms with E-state index >= 15 is 0 Å². The molecule has 0 fully saturated rings. The second-order valence-electron chi connectivity index (χ2n) is 5.04. The van der Waals surface area contributed by atoms with Crippen molar-refractivity contribution in [2.45, 2.75) is 33.6 Å². The van der Waals surface area contributed by atoms with Gasteiger partial charge in [-0.25, -0.2) is 0 Å². The summed E-state index contributed by atoms with van der Waals surface area (Å²) in [5.74, 6) is 4.63. The van der Waals surface area contributed by atoms with Crippen LogP contribution in [0.4, 0.5) is 0 Å². The van der Waals surface area contributed by atoms with E-state index < -0.39 is 0 Å². The minimum Gasteiger partial charge on any atom is -0.493 e. The van der Waals surface area contributed by atoms with E-state index in [9.17, 15) is 0 Å². The normalized spacial score (nSPS) is 11.2. The number of hydrogen-bond acceptors (Lipinski definition) is 2. The van der Waals surface area contributed by atoms with Gasteiger partial charge in [-0.3, -0.25) is 0 Å². The number of rotatable bonds is 7. The Labute approximate surface area is 110 Å². The summed E-state index contributed by atoms with van der Waals surface area (Å²) >= 11 is 1.96. The maximum Gasteiger partial charge on any atom is 0.119 e. The molecule has 0 atom stereocenters. The molecule has 0 aliphatic carbocycles. The number of ether oxygens (including phenoxy) is 1. The topological polar surface area (TPSA) is 9.23 Å². The lowest BCUT2D eigenvalue weighted by atomic mass is 10.0. The number of thioether (sulfide) groups is 1. The molecule has 0 heterocycles. The first-order valence-corrected chi connectivity index (χ1v) is 7.55. The zero-order chi connectivity index (χ0) is 12.7. The first kappa shape index (κ1) is 14.4. The van der Waals surface area contributed by atoms with Crippen molar-refractivity contribution < 1.29 is 4.74 Å². The number of benzene rings is 1. The Morgan fingerprint density at radius 2 is 1.71 bits per heavy atom. The third-order valence-electron chi connectivity index (χ3n) is 2.49. The molecule has 0 aliphatic rings. The van der Waals surface area contributed by atoms with Gasteiger partial charge in [0.2, 0.25) is 0 Å². The summed E-state index contributed by atoms with van der Waals surface area (Å²) in [6.07, 6.45) is 0. The van der Waals surface area contributed by atoms with Crippen LogP contribution in [0.1, 0.15) is 39.2 Å². The molecule has 96 valence electrons. The highest BCUT2D eigenvalue weighted by Crippen LogP contribution is 2.18. The van der Waals surface area contributed by atoms with Gasteiger partial charge >= 0.3 is 0 Å². The van der Waals surface area contributed by atoms with Gasteiger partial charge in [0.15, 0.2) is 0 Å². The van der Waals surface area contributed by atoms with Crippen LogP contribution in [-0.4, -0.2) is 18.1 Å². The van der Waals surface area contributed by atoms with Crippen LogP contribution in [0.25, 0.3) is 0 Å². The zero-order valence-corrected chi connectivity index (χ0v) is 12.2. The Morgan fingerprint density at radius 3 is 2.24 bits per heavy atom. The molecule has 0 aliphatic heterocycles. The van der Waals surface area contributed by atoms with Gasteiger partial charge in [-0.1, -0.05) is 39.8 Å². The molecule has 0 aromatic heterocycles. The predicted molar refractivity (Wildman–Crippen MR) is 78.2 cm³/mol. The van der Waals surface area contributed by atoms with Crippen LogP contribution in [0.15, 0.2) is 24.3 Å². The fraction of sp³-hybridized carbons (Fsp3) is 0.600. The summed E-state index contributed by atoms with van der Waals surface area (Å²) in [4.78, 5) is 0. The summed E-state index contributed by atoms with van der Waals surface area (Å²) < 4.78 is 5.70. The van der Waals surface area contributed by atoms with Gasteiger partial charge in [-0.2, -0.15) is 11.8 Å². The van der Waals surface area contributed by atoms with Crippen LogP contribution in [0, 0.1) is 5.92 Å². The summed E-state index contributed by atoms with van der Waals surface area (Å²) in [5.41, 5.74) is 1.37. The molecule has 0 bridgehead atoms. The van der Waals surface area contributed by atoms with Gasteiger partial charge in [0.1, 0.15) is 5.75 Å². The van der Waals surface area contributed by atoms with Crippen molar-refractivity contribution in [2.24, 2.45) is 5.92 Å². The van der Waals surface area contributed by atoms with Crippen molar-refractivity contribution in [2.75, 3.05) is 18.1 Å². The van der Waals surface area contributed by atoms with Gasteiger partial charge in [-0.15, -0.1) is 0 Å². The first-order chi connectivity index (χ1) is 8.09. The second-order valence-corrected chi connectivity index (χ2v) is 6.19. The maximum absolute atomic E-state index is 5.70. The third kappa shape index (κ3) is 6.02. The molecule has 1 nitrogen and oxygen atoms in total. The van der Waals surface area contributed by atoms with E-state index in [1.54, 1.807) is 0 Å². The van der Waals surface area contributed by atoms with E-state index in [1.165, 1.54) is 11.3 Å². The van der Waals surface area contributed by atoms with Crippen LogP contribution < -0.4 is 4.74 Å². The van der Waals surface area contributed by atoms with E-state index in [-0.39, 0.29) is 0 Å². The van der Waals surface area contributed by atoms with E-state index in [0.29, 0.717) is 5.92 Å². The average molecular weight is 252 g/mol. The van der Waals surface area contributed by atoms with Gasteiger partial charge in [0.25, 0.3) is 0 Å². The third-order valence-corrected chi connectivity index (χ3v) is 3.85. The minimum atomic E-state index is 0.589. The molecule has 0 saturated carbocycles. The highest BCUT2D eigenvalue weighted by atomic mass is 32.2. The standard InChI is InChI=1S/C15H24OS/c1-12(2)11-17-10-9-16-15-7-5-14(6-8-15)13(3)4/h5-8,12-13H,9-11H2,1-4H3. The molecule has 0 amide bonds. The SMILES string of the molecule is CC(C)CSCCOc1ccc(C(C)C)cc1. The van der Waals surface area contributed by atoms with Gasteiger partial charge in [0.05, 0.1) is 6.61 Å². The van der Waals surface area contributed by atoms with E-state index in [1.807, 2.05) is 11.8 Å². The molecule has 0 unspecified atom stereocenters. The Hall–Kier alpha value is -0.630. The Morgan fingerprint density at radius 1 is 1.06 bits per heavy atom. The molecule has 1 rings (SSSR count). The monoisotopic (exact) mass is 252 g/mol. The van der Waals surface area contributed by atoms with Gasteiger partial charge < -0.3 is 4.74 Å². The second kappa shape index (κ2) is 7.65. The highest BCUT2D eigenvalue weighted by Gasteiger charge is 1.99. The van der Waals surface area contributed by atoms with E-state index in [0.717, 1.165) is 24.0 Å². The van der Waals surface area contributed by atoms with Gasteiger partial charge in [0, 0.05) is 5.75 Å². The lowest BCUT2D eigenvalue weighted by molar-refractivity contribution is 0.344. The van der Waals surface area contributed by atoms with E-state index in [2.05, 4.69) is 52.0 Å². The Balaban J connectivity index is 2.23. The first-order valence-electron chi connectivity index (χ1n) is 6.40. The van der Waals surface area contributed by atoms with Crippen LogP contribution >= 0.6 is 11.8 Å². The van der Waals surface area contributed by atoms with Crippen LogP contribution in [-0.2, 0) is 0 Å². The van der Waals surface area contributed by atoms with Crippen LogP contribution in [0.2, 0.25) is 0 Å². The molecule has 0 spiro atoms. The lowest BCUT2D eigenvalue weighted by Gasteiger charge is -2.09. The molecule has 17 heavy (non-hydrogen) atoms. The van der Waals surface area contributed by atoms with Crippen molar-refractivity contribution in [3.63, 3.8) is 0 Å². The van der Waals surface area contributed by atoms with Crippen molar-refractivity contribution in [3.05, 3.63) is 29.8 Å². The molecular formula is C15H24OS. The Bertz CT molecular complexity index is 303. The molecule has 1 aromatic carbocycles. The van der Waals surface area contributed by atoms with Crippen molar-refractivity contribution >= 4 is 11.8 Å². The van der Waals surface area contributed by atoms with Crippen molar-refractivity contribution in [1.29, 1.82) is 0 Å². The lowest BCUT2D eigenvalue weighted by Crippen LogP contribution is -2.02. The summed E-state index contributed by atoms with van der Waals surface area (Å²) in [6.45, 7) is 9.71. The number of hydrogen-bond donors (Lipinski definition) is 0. The molecule has 0 saturated heterocycles. The maximum atomic E-state index is 5.70. The smallest absolute Gasteiger partial charge is 0.119 e. The van der Waals surface area contributed by atoms with Crippen LogP contribution in [0.3, 0.4) is 0 Å². The van der Waals surface area contributed by atoms with Crippen LogP contribution in [0.5, 0.6) is 5.75 Å².